The Kier molecular flexibility index (Phi) is 8.12. The zero-order valence-electron chi connectivity index (χ0n) is 11.8. The van der Waals surface area contributed by atoms with E-state index in [1.807, 2.05) is 0 Å². The highest BCUT2D eigenvalue weighted by molar-refractivity contribution is 7.10. The minimum Gasteiger partial charge on any atom is -0.384 e. The number of carbonyl (C=O) groups is 2. The Hall–Kier alpha value is -1.88. The van der Waals surface area contributed by atoms with Gasteiger partial charge in [-0.1, -0.05) is 11.8 Å². The van der Waals surface area contributed by atoms with Crippen molar-refractivity contribution in [3.05, 3.63) is 21.9 Å². The van der Waals surface area contributed by atoms with Gasteiger partial charge in [0.15, 0.2) is 0 Å². The molecule has 0 unspecified atom stereocenters. The standard InChI is InChI=1S/C14H18N2O4S/c1-20-8-6-15-13(18)4-5-16-14(19)11-9-12(21-10-11)3-2-7-17/h9-10,17H,4-8H2,1H3,(H,15,18)(H,16,19). The number of ether oxygens (including phenoxy) is 1. The van der Waals surface area contributed by atoms with Crippen molar-refractivity contribution in [3.63, 3.8) is 0 Å². The number of aliphatic hydroxyl groups excluding tert-OH is 1. The van der Waals surface area contributed by atoms with Crippen LogP contribution >= 0.6 is 11.3 Å². The number of amides is 2. The molecule has 0 radical (unpaired) electrons. The Labute approximate surface area is 127 Å². The maximum absolute atomic E-state index is 11.8. The summed E-state index contributed by atoms with van der Waals surface area (Å²) in [5, 5.41) is 15.6. The Balaban J connectivity index is 2.30. The first-order valence-corrected chi connectivity index (χ1v) is 7.27. The number of hydrogen-bond acceptors (Lipinski definition) is 5. The van der Waals surface area contributed by atoms with Crippen molar-refractivity contribution < 1.29 is 19.4 Å². The SMILES string of the molecule is COCCNC(=O)CCNC(=O)c1csc(C#CCO)c1. The Morgan fingerprint density at radius 3 is 2.90 bits per heavy atom. The summed E-state index contributed by atoms with van der Waals surface area (Å²) in [7, 11) is 1.56. The van der Waals surface area contributed by atoms with Gasteiger partial charge in [0.25, 0.3) is 5.91 Å². The summed E-state index contributed by atoms with van der Waals surface area (Å²) in [5.74, 6) is 4.88. The van der Waals surface area contributed by atoms with E-state index in [1.54, 1.807) is 18.6 Å². The van der Waals surface area contributed by atoms with Crippen LogP contribution in [0.1, 0.15) is 21.7 Å². The van der Waals surface area contributed by atoms with Gasteiger partial charge >= 0.3 is 0 Å². The third-order valence-corrected chi connectivity index (χ3v) is 3.26. The zero-order chi connectivity index (χ0) is 15.5. The van der Waals surface area contributed by atoms with Crippen molar-refractivity contribution >= 4 is 23.2 Å². The van der Waals surface area contributed by atoms with Crippen LogP contribution in [-0.4, -0.2) is 50.3 Å². The van der Waals surface area contributed by atoms with E-state index in [-0.39, 0.29) is 31.4 Å². The molecule has 0 aliphatic heterocycles. The van der Waals surface area contributed by atoms with Crippen molar-refractivity contribution in [2.75, 3.05) is 33.4 Å². The maximum Gasteiger partial charge on any atom is 0.252 e. The van der Waals surface area contributed by atoms with Gasteiger partial charge in [-0.2, -0.15) is 0 Å². The molecule has 1 rings (SSSR count). The van der Waals surface area contributed by atoms with E-state index in [9.17, 15) is 9.59 Å². The number of nitrogens with one attached hydrogen (secondary N) is 2. The van der Waals surface area contributed by atoms with Crippen LogP contribution in [0.4, 0.5) is 0 Å². The fraction of sp³-hybridized carbons (Fsp3) is 0.429. The van der Waals surface area contributed by atoms with Crippen LogP contribution < -0.4 is 10.6 Å². The van der Waals surface area contributed by atoms with Crippen LogP contribution in [0, 0.1) is 11.8 Å². The van der Waals surface area contributed by atoms with Gasteiger partial charge in [-0.25, -0.2) is 0 Å². The van der Waals surface area contributed by atoms with Crippen molar-refractivity contribution in [1.29, 1.82) is 0 Å². The minimum absolute atomic E-state index is 0.132. The molecule has 3 N–H and O–H groups in total. The normalized spacial score (nSPS) is 9.62. The molecule has 0 spiro atoms. The summed E-state index contributed by atoms with van der Waals surface area (Å²) < 4.78 is 4.81. The molecule has 1 aromatic rings. The second-order valence-electron chi connectivity index (χ2n) is 4.01. The summed E-state index contributed by atoms with van der Waals surface area (Å²) in [4.78, 5) is 23.9. The lowest BCUT2D eigenvalue weighted by molar-refractivity contribution is -0.121. The quantitative estimate of drug-likeness (QED) is 0.488. The van der Waals surface area contributed by atoms with Crippen LogP contribution in [0.2, 0.25) is 0 Å². The Morgan fingerprint density at radius 2 is 2.19 bits per heavy atom. The first kappa shape index (κ1) is 17.2. The molecule has 0 saturated carbocycles. The van der Waals surface area contributed by atoms with E-state index in [0.29, 0.717) is 23.6 Å². The summed E-state index contributed by atoms with van der Waals surface area (Å²) in [6.45, 7) is 0.980. The molecular weight excluding hydrogens is 292 g/mol. The molecular formula is C14H18N2O4S. The summed E-state index contributed by atoms with van der Waals surface area (Å²) in [6.07, 6.45) is 0.219. The fourth-order valence-electron chi connectivity index (χ4n) is 1.42. The fourth-order valence-corrected chi connectivity index (χ4v) is 2.18. The highest BCUT2D eigenvalue weighted by Crippen LogP contribution is 2.13. The van der Waals surface area contributed by atoms with E-state index < -0.39 is 0 Å². The molecule has 0 aliphatic rings. The molecule has 1 heterocycles. The van der Waals surface area contributed by atoms with E-state index in [1.165, 1.54) is 11.3 Å². The van der Waals surface area contributed by atoms with Gasteiger partial charge in [0.1, 0.15) is 6.61 Å². The van der Waals surface area contributed by atoms with Crippen LogP contribution in [0.15, 0.2) is 11.4 Å². The number of thiophene rings is 1. The first-order valence-electron chi connectivity index (χ1n) is 6.39. The molecule has 6 nitrogen and oxygen atoms in total. The third kappa shape index (κ3) is 6.90. The monoisotopic (exact) mass is 310 g/mol. The second-order valence-corrected chi connectivity index (χ2v) is 4.92. The van der Waals surface area contributed by atoms with Gasteiger partial charge in [0.05, 0.1) is 17.0 Å². The van der Waals surface area contributed by atoms with Gasteiger partial charge in [-0.3, -0.25) is 9.59 Å². The Morgan fingerprint density at radius 1 is 1.38 bits per heavy atom. The molecule has 0 saturated heterocycles. The molecule has 7 heteroatoms. The topological polar surface area (TPSA) is 87.7 Å². The summed E-state index contributed by atoms with van der Waals surface area (Å²) in [6, 6.07) is 1.65. The third-order valence-electron chi connectivity index (χ3n) is 2.42. The Bertz CT molecular complexity index is 531. The van der Waals surface area contributed by atoms with Crippen LogP contribution in [0.25, 0.3) is 0 Å². The minimum atomic E-state index is -0.243. The van der Waals surface area contributed by atoms with Gasteiger partial charge in [0, 0.05) is 32.0 Å². The molecule has 0 aromatic carbocycles. The molecule has 0 aliphatic carbocycles. The number of methoxy groups -OCH3 is 1. The van der Waals surface area contributed by atoms with Crippen molar-refractivity contribution in [1.82, 2.24) is 10.6 Å². The van der Waals surface area contributed by atoms with Crippen LogP contribution in [0.3, 0.4) is 0 Å². The maximum atomic E-state index is 11.8. The van der Waals surface area contributed by atoms with E-state index >= 15 is 0 Å². The van der Waals surface area contributed by atoms with E-state index in [2.05, 4.69) is 22.5 Å². The van der Waals surface area contributed by atoms with E-state index in [4.69, 9.17) is 9.84 Å². The molecule has 0 bridgehead atoms. The number of aliphatic hydroxyl groups is 1. The summed E-state index contributed by atoms with van der Waals surface area (Å²) >= 11 is 1.33. The molecule has 21 heavy (non-hydrogen) atoms. The lowest BCUT2D eigenvalue weighted by Crippen LogP contribution is -2.32. The average molecular weight is 310 g/mol. The zero-order valence-corrected chi connectivity index (χ0v) is 12.6. The number of hydrogen-bond donors (Lipinski definition) is 3. The van der Waals surface area contributed by atoms with Gasteiger partial charge in [0.2, 0.25) is 5.91 Å². The van der Waals surface area contributed by atoms with Crippen LogP contribution in [-0.2, 0) is 9.53 Å². The molecule has 2 amide bonds. The van der Waals surface area contributed by atoms with Crippen molar-refractivity contribution in [3.8, 4) is 11.8 Å². The second kappa shape index (κ2) is 9.94. The predicted molar refractivity (Wildman–Crippen MR) is 80.1 cm³/mol. The first-order chi connectivity index (χ1) is 10.2. The molecule has 1 aromatic heterocycles. The smallest absolute Gasteiger partial charge is 0.252 e. The number of rotatable bonds is 7. The van der Waals surface area contributed by atoms with Crippen molar-refractivity contribution in [2.45, 2.75) is 6.42 Å². The average Bonchev–Trinajstić information content (AvgIpc) is 2.94. The number of carbonyl (C=O) groups excluding carboxylic acids is 2. The molecule has 0 atom stereocenters. The van der Waals surface area contributed by atoms with Gasteiger partial charge in [-0.15, -0.1) is 11.3 Å². The molecule has 0 fully saturated rings. The summed E-state index contributed by atoms with van der Waals surface area (Å²) in [5.41, 5.74) is 0.502. The van der Waals surface area contributed by atoms with Crippen LogP contribution in [0.5, 0.6) is 0 Å². The molecule has 114 valence electrons. The predicted octanol–water partition coefficient (Wildman–Crippen LogP) is -0.0256. The highest BCUT2D eigenvalue weighted by atomic mass is 32.1. The van der Waals surface area contributed by atoms with Crippen molar-refractivity contribution in [2.24, 2.45) is 0 Å². The van der Waals surface area contributed by atoms with Gasteiger partial charge < -0.3 is 20.5 Å². The lowest BCUT2D eigenvalue weighted by Gasteiger charge is -2.05. The highest BCUT2D eigenvalue weighted by Gasteiger charge is 2.08. The largest absolute Gasteiger partial charge is 0.384 e. The lowest BCUT2D eigenvalue weighted by atomic mass is 10.3. The van der Waals surface area contributed by atoms with E-state index in [0.717, 1.165) is 0 Å². The van der Waals surface area contributed by atoms with Gasteiger partial charge in [-0.05, 0) is 6.07 Å².